The molecule has 1 aliphatic rings. The molecule has 24 heavy (non-hydrogen) atoms. The Morgan fingerprint density at radius 1 is 1.21 bits per heavy atom. The Morgan fingerprint density at radius 2 is 1.75 bits per heavy atom. The number of nitrogens with zero attached hydrogens (tertiary/aromatic N) is 1. The Balaban J connectivity index is 0.000000277. The lowest BCUT2D eigenvalue weighted by molar-refractivity contribution is 0.00780. The zero-order chi connectivity index (χ0) is 18.7. The Morgan fingerprint density at radius 3 is 2.12 bits per heavy atom. The van der Waals surface area contributed by atoms with Gasteiger partial charge in [0.15, 0.2) is 0 Å². The van der Waals surface area contributed by atoms with Crippen molar-refractivity contribution < 1.29 is 37.8 Å². The maximum absolute atomic E-state index is 11.5. The van der Waals surface area contributed by atoms with Crippen LogP contribution in [0.3, 0.4) is 0 Å². The molecule has 1 fully saturated rings. The van der Waals surface area contributed by atoms with Gasteiger partial charge in [0, 0.05) is 11.8 Å². The summed E-state index contributed by atoms with van der Waals surface area (Å²) >= 11 is 0. The molecule has 2 rings (SSSR count). The maximum Gasteiger partial charge on any atom is 0.478 e. The van der Waals surface area contributed by atoms with E-state index < -0.39 is 21.3 Å². The van der Waals surface area contributed by atoms with Gasteiger partial charge in [-0.3, -0.25) is 14.3 Å². The summed E-state index contributed by atoms with van der Waals surface area (Å²) in [5.41, 5.74) is -0.204. The predicted molar refractivity (Wildman–Crippen MR) is 80.1 cm³/mol. The number of aromatic amines is 1. The lowest BCUT2D eigenvalue weighted by atomic mass is 10.2. The first-order valence-corrected chi connectivity index (χ1v) is 9.64. The number of phosphoric acid groups is 2. The van der Waals surface area contributed by atoms with Crippen LogP contribution in [-0.2, 0) is 18.2 Å². The third-order valence-electron chi connectivity index (χ3n) is 2.88. The van der Waals surface area contributed by atoms with Crippen LogP contribution in [-0.4, -0.2) is 35.2 Å². The molecule has 138 valence electrons. The first-order chi connectivity index (χ1) is 10.8. The first kappa shape index (κ1) is 20.9. The Kier molecular flexibility index (Phi) is 6.85. The molecule has 0 amide bonds. The lowest BCUT2D eigenvalue weighted by Crippen LogP contribution is -2.33. The number of rotatable bonds is 3. The number of aromatic nitrogens is 2. The molecule has 2 atom stereocenters. The van der Waals surface area contributed by atoms with Gasteiger partial charge in [-0.15, -0.1) is 0 Å². The number of nitrogens with one attached hydrogen (secondary N) is 1. The average molecular weight is 388 g/mol. The minimum atomic E-state index is -5.05. The van der Waals surface area contributed by atoms with Gasteiger partial charge in [-0.05, 0) is 26.7 Å². The van der Waals surface area contributed by atoms with E-state index in [1.165, 1.54) is 4.57 Å². The number of hydrogen-bond acceptors (Lipinski definition) is 6. The lowest BCUT2D eigenvalue weighted by Gasteiger charge is -2.14. The van der Waals surface area contributed by atoms with Crippen molar-refractivity contribution in [1.82, 2.24) is 9.55 Å². The highest BCUT2D eigenvalue weighted by atomic mass is 31.3. The monoisotopic (exact) mass is 388 g/mol. The van der Waals surface area contributed by atoms with Crippen molar-refractivity contribution in [3.8, 4) is 0 Å². The molecule has 1 aromatic rings. The van der Waals surface area contributed by atoms with E-state index in [4.69, 9.17) is 24.3 Å². The fourth-order valence-electron chi connectivity index (χ4n) is 1.92. The molecule has 0 saturated carbocycles. The van der Waals surface area contributed by atoms with Crippen molar-refractivity contribution in [2.75, 3.05) is 0 Å². The van der Waals surface area contributed by atoms with Gasteiger partial charge in [-0.2, -0.15) is 4.31 Å². The van der Waals surface area contributed by atoms with E-state index in [2.05, 4.69) is 9.29 Å². The molecule has 1 aliphatic heterocycles. The maximum atomic E-state index is 11.5. The van der Waals surface area contributed by atoms with Crippen LogP contribution in [0.5, 0.6) is 0 Å². The molecule has 0 radical (unpaired) electrons. The predicted octanol–water partition coefficient (Wildman–Crippen LogP) is -0.269. The fraction of sp³-hybridized carbons (Fsp3) is 0.600. The van der Waals surface area contributed by atoms with Gasteiger partial charge in [0.1, 0.15) is 6.23 Å². The van der Waals surface area contributed by atoms with Crippen molar-refractivity contribution in [2.24, 2.45) is 0 Å². The summed E-state index contributed by atoms with van der Waals surface area (Å²) in [4.78, 5) is 55.9. The normalized spacial score (nSPS) is 21.2. The van der Waals surface area contributed by atoms with Gasteiger partial charge in [-0.1, -0.05) is 0 Å². The summed E-state index contributed by atoms with van der Waals surface area (Å²) in [5, 5.41) is 0. The van der Waals surface area contributed by atoms with E-state index >= 15 is 0 Å². The van der Waals surface area contributed by atoms with Crippen molar-refractivity contribution in [3.05, 3.63) is 32.6 Å². The molecule has 0 unspecified atom stereocenters. The second-order valence-electron chi connectivity index (χ2n) is 5.02. The topological polar surface area (TPSA) is 188 Å². The molecule has 2 heterocycles. The van der Waals surface area contributed by atoms with Gasteiger partial charge in [-0.25, -0.2) is 13.9 Å². The van der Waals surface area contributed by atoms with Crippen LogP contribution in [0.2, 0.25) is 0 Å². The summed E-state index contributed by atoms with van der Waals surface area (Å²) in [6.45, 7) is 3.65. The highest BCUT2D eigenvalue weighted by molar-refractivity contribution is 7.60. The molecule has 5 N–H and O–H groups in total. The van der Waals surface area contributed by atoms with Gasteiger partial charge in [0.2, 0.25) is 0 Å². The zero-order valence-electron chi connectivity index (χ0n) is 12.7. The molecule has 12 nitrogen and oxygen atoms in total. The third kappa shape index (κ3) is 7.20. The average Bonchev–Trinajstić information content (AvgIpc) is 2.76. The van der Waals surface area contributed by atoms with Crippen LogP contribution in [0.15, 0.2) is 15.8 Å². The van der Waals surface area contributed by atoms with E-state index in [1.54, 1.807) is 13.1 Å². The third-order valence-corrected chi connectivity index (χ3v) is 4.58. The standard InChI is InChI=1S/C10H14N2O3.H4O7P2/c1-6-5-12(10(14)11-9(6)13)8-4-3-7(2)15-8;1-8(2,3)7-9(4,5)6/h5,7-8H,3-4H2,1-2H3,(H,11,13,14);(H2,1,2,3)(H2,4,5,6)/t7-,8-;/m1./s1. The summed E-state index contributed by atoms with van der Waals surface area (Å²) in [6, 6.07) is 0. The van der Waals surface area contributed by atoms with Gasteiger partial charge < -0.3 is 24.3 Å². The second-order valence-corrected chi connectivity index (χ2v) is 7.64. The molecule has 1 aromatic heterocycles. The molecular weight excluding hydrogens is 370 g/mol. The minimum Gasteiger partial charge on any atom is -0.355 e. The number of aryl methyl sites for hydroxylation is 1. The fourth-order valence-corrected chi connectivity index (χ4v) is 3.03. The van der Waals surface area contributed by atoms with Crippen molar-refractivity contribution in [1.29, 1.82) is 0 Å². The number of hydrogen-bond donors (Lipinski definition) is 5. The van der Waals surface area contributed by atoms with Crippen molar-refractivity contribution in [3.63, 3.8) is 0 Å². The molecule has 0 spiro atoms. The summed E-state index contributed by atoms with van der Waals surface area (Å²) in [6.07, 6.45) is 3.25. The second kappa shape index (κ2) is 7.85. The van der Waals surface area contributed by atoms with Crippen LogP contribution >= 0.6 is 15.6 Å². The van der Waals surface area contributed by atoms with E-state index in [-0.39, 0.29) is 17.9 Å². The van der Waals surface area contributed by atoms with Crippen LogP contribution < -0.4 is 11.2 Å². The van der Waals surface area contributed by atoms with Crippen LogP contribution in [0, 0.1) is 6.92 Å². The minimum absolute atomic E-state index is 0.175. The van der Waals surface area contributed by atoms with Crippen molar-refractivity contribution >= 4 is 15.6 Å². The van der Waals surface area contributed by atoms with E-state index in [0.717, 1.165) is 12.8 Å². The molecule has 1 saturated heterocycles. The van der Waals surface area contributed by atoms with Gasteiger partial charge in [0.05, 0.1) is 6.10 Å². The SMILES string of the molecule is Cc1cn([C@H]2CC[C@@H](C)O2)c(=O)[nH]c1=O.O=P(O)(O)OP(=O)(O)O. The molecule has 0 aromatic carbocycles. The van der Waals surface area contributed by atoms with Gasteiger partial charge >= 0.3 is 21.3 Å². The first-order valence-electron chi connectivity index (χ1n) is 6.58. The van der Waals surface area contributed by atoms with Crippen molar-refractivity contribution in [2.45, 2.75) is 39.0 Å². The zero-order valence-corrected chi connectivity index (χ0v) is 14.5. The summed E-state index contributed by atoms with van der Waals surface area (Å²) in [5.74, 6) is 0. The molecule has 0 bridgehead atoms. The number of H-pyrrole nitrogens is 1. The molecular formula is C10H18N2O10P2. The van der Waals surface area contributed by atoms with Crippen LogP contribution in [0.25, 0.3) is 0 Å². The molecule has 14 heteroatoms. The summed E-state index contributed by atoms with van der Waals surface area (Å²) in [7, 11) is -10.1. The quantitative estimate of drug-likeness (QED) is 0.431. The van der Waals surface area contributed by atoms with Gasteiger partial charge in [0.25, 0.3) is 5.56 Å². The highest BCUT2D eigenvalue weighted by Crippen LogP contribution is 2.53. The van der Waals surface area contributed by atoms with E-state index in [1.807, 2.05) is 6.92 Å². The Hall–Kier alpha value is -1.10. The summed E-state index contributed by atoms with van der Waals surface area (Å²) < 4.78 is 29.2. The smallest absolute Gasteiger partial charge is 0.355 e. The largest absolute Gasteiger partial charge is 0.478 e. The Labute approximate surface area is 135 Å². The number of ether oxygens (including phenoxy) is 1. The van der Waals surface area contributed by atoms with Crippen LogP contribution in [0.4, 0.5) is 0 Å². The van der Waals surface area contributed by atoms with E-state index in [0.29, 0.717) is 5.56 Å². The Bertz CT molecular complexity index is 755. The molecule has 0 aliphatic carbocycles. The van der Waals surface area contributed by atoms with Crippen LogP contribution in [0.1, 0.15) is 31.6 Å². The van der Waals surface area contributed by atoms with E-state index in [9.17, 15) is 18.7 Å². The highest BCUT2D eigenvalue weighted by Gasteiger charge is 2.28.